The van der Waals surface area contributed by atoms with Gasteiger partial charge in [-0.1, -0.05) is 30.3 Å². The van der Waals surface area contributed by atoms with Gasteiger partial charge in [-0.05, 0) is 59.2 Å². The molecule has 0 fully saturated rings. The molecule has 1 heterocycles. The molecule has 0 aromatic heterocycles. The molecule has 0 aliphatic carbocycles. The van der Waals surface area contributed by atoms with Crippen LogP contribution in [0.5, 0.6) is 23.0 Å². The molecular weight excluding hydrogens is 522 g/mol. The number of nitrogen functional groups attached to an aromatic ring is 1. The van der Waals surface area contributed by atoms with Gasteiger partial charge in [-0.25, -0.2) is 0 Å². The van der Waals surface area contributed by atoms with Gasteiger partial charge in [0.1, 0.15) is 0 Å². The van der Waals surface area contributed by atoms with Gasteiger partial charge >= 0.3 is 0 Å². The zero-order chi connectivity index (χ0) is 29.1. The lowest BCUT2D eigenvalue weighted by Gasteiger charge is -2.18. The molecule has 5 rings (SSSR count). The van der Waals surface area contributed by atoms with E-state index in [1.165, 1.54) is 0 Å². The minimum atomic E-state index is -0.266. The van der Waals surface area contributed by atoms with E-state index in [2.05, 4.69) is 5.32 Å². The van der Waals surface area contributed by atoms with Crippen LogP contribution in [-0.4, -0.2) is 45.2 Å². The van der Waals surface area contributed by atoms with E-state index in [0.29, 0.717) is 58.6 Å². The SMILES string of the molecule is COc1ccc(-c2c3c(cc(OC)c2OC)C(=O)N(Cc2ccc(C(=O)Nc4ccccc4N)cc2)C3)cc1OC. The maximum absolute atomic E-state index is 13.6. The number of nitrogens with two attached hydrogens (primary N) is 1. The van der Waals surface area contributed by atoms with E-state index in [4.69, 9.17) is 24.7 Å². The van der Waals surface area contributed by atoms with Crippen molar-refractivity contribution >= 4 is 23.2 Å². The van der Waals surface area contributed by atoms with Crippen molar-refractivity contribution in [1.82, 2.24) is 4.90 Å². The second-order valence-corrected chi connectivity index (χ2v) is 9.48. The second-order valence-electron chi connectivity index (χ2n) is 9.48. The van der Waals surface area contributed by atoms with E-state index in [-0.39, 0.29) is 11.8 Å². The van der Waals surface area contributed by atoms with E-state index in [1.54, 1.807) is 69.7 Å². The third-order valence-corrected chi connectivity index (χ3v) is 7.11. The van der Waals surface area contributed by atoms with E-state index >= 15 is 0 Å². The Labute approximate surface area is 238 Å². The lowest BCUT2D eigenvalue weighted by atomic mass is 9.94. The molecule has 1 aliphatic rings. The van der Waals surface area contributed by atoms with E-state index < -0.39 is 0 Å². The first-order valence-electron chi connectivity index (χ1n) is 12.9. The molecule has 0 bridgehead atoms. The van der Waals surface area contributed by atoms with Gasteiger partial charge in [-0.2, -0.15) is 0 Å². The highest BCUT2D eigenvalue weighted by Gasteiger charge is 2.34. The van der Waals surface area contributed by atoms with Crippen molar-refractivity contribution in [1.29, 1.82) is 0 Å². The van der Waals surface area contributed by atoms with Crippen LogP contribution < -0.4 is 30.0 Å². The first-order chi connectivity index (χ1) is 19.9. The van der Waals surface area contributed by atoms with E-state index in [1.807, 2.05) is 36.4 Å². The fourth-order valence-corrected chi connectivity index (χ4v) is 5.03. The highest BCUT2D eigenvalue weighted by Crippen LogP contribution is 2.47. The van der Waals surface area contributed by atoms with Gasteiger partial charge in [0.15, 0.2) is 23.0 Å². The Bertz CT molecular complexity index is 1620. The van der Waals surface area contributed by atoms with Gasteiger partial charge < -0.3 is 34.9 Å². The number of rotatable bonds is 9. The lowest BCUT2D eigenvalue weighted by molar-refractivity contribution is 0.0766. The van der Waals surface area contributed by atoms with Crippen molar-refractivity contribution in [2.45, 2.75) is 13.1 Å². The number of para-hydroxylation sites is 2. The zero-order valence-corrected chi connectivity index (χ0v) is 23.3. The molecule has 4 aromatic rings. The number of nitrogens with zero attached hydrogens (tertiary/aromatic N) is 1. The van der Waals surface area contributed by atoms with Gasteiger partial charge in [0.05, 0.1) is 39.8 Å². The molecule has 0 unspecified atom stereocenters. The number of benzene rings is 4. The largest absolute Gasteiger partial charge is 0.493 e. The fraction of sp³-hybridized carbons (Fsp3) is 0.188. The summed E-state index contributed by atoms with van der Waals surface area (Å²) >= 11 is 0. The first-order valence-corrected chi connectivity index (χ1v) is 12.9. The summed E-state index contributed by atoms with van der Waals surface area (Å²) in [7, 11) is 6.28. The van der Waals surface area contributed by atoms with E-state index in [0.717, 1.165) is 22.3 Å². The van der Waals surface area contributed by atoms with Crippen molar-refractivity contribution in [3.8, 4) is 34.1 Å². The third-order valence-electron chi connectivity index (χ3n) is 7.11. The van der Waals surface area contributed by atoms with Crippen LogP contribution in [0.4, 0.5) is 11.4 Å². The summed E-state index contributed by atoms with van der Waals surface area (Å²) in [6.45, 7) is 0.727. The van der Waals surface area contributed by atoms with Gasteiger partial charge in [0, 0.05) is 29.8 Å². The molecule has 0 saturated heterocycles. The summed E-state index contributed by atoms with van der Waals surface area (Å²) in [6.07, 6.45) is 0. The van der Waals surface area contributed by atoms with Gasteiger partial charge in [-0.15, -0.1) is 0 Å². The maximum Gasteiger partial charge on any atom is 0.255 e. The molecule has 1 aliphatic heterocycles. The summed E-state index contributed by atoms with van der Waals surface area (Å²) in [5, 5.41) is 2.83. The maximum atomic E-state index is 13.6. The third kappa shape index (κ3) is 5.21. The molecule has 4 aromatic carbocycles. The Morgan fingerprint density at radius 2 is 1.56 bits per heavy atom. The van der Waals surface area contributed by atoms with Crippen molar-refractivity contribution < 1.29 is 28.5 Å². The molecule has 9 nitrogen and oxygen atoms in total. The summed E-state index contributed by atoms with van der Waals surface area (Å²) in [6, 6.07) is 21.5. The van der Waals surface area contributed by atoms with Crippen LogP contribution in [0.3, 0.4) is 0 Å². The zero-order valence-electron chi connectivity index (χ0n) is 23.3. The Morgan fingerprint density at radius 1 is 0.854 bits per heavy atom. The highest BCUT2D eigenvalue weighted by atomic mass is 16.5. The summed E-state index contributed by atoms with van der Waals surface area (Å²) in [4.78, 5) is 28.1. The second kappa shape index (κ2) is 11.5. The number of carbonyl (C=O) groups excluding carboxylic acids is 2. The molecule has 210 valence electrons. The fourth-order valence-electron chi connectivity index (χ4n) is 5.03. The van der Waals surface area contributed by atoms with Crippen LogP contribution in [0.25, 0.3) is 11.1 Å². The van der Waals surface area contributed by atoms with Gasteiger partial charge in [0.25, 0.3) is 11.8 Å². The van der Waals surface area contributed by atoms with Crippen molar-refractivity contribution in [2.75, 3.05) is 39.5 Å². The van der Waals surface area contributed by atoms with Gasteiger partial charge in [-0.3, -0.25) is 9.59 Å². The molecule has 41 heavy (non-hydrogen) atoms. The number of amides is 2. The molecule has 9 heteroatoms. The van der Waals surface area contributed by atoms with Crippen molar-refractivity contribution in [2.24, 2.45) is 0 Å². The average Bonchev–Trinajstić information content (AvgIpc) is 3.31. The van der Waals surface area contributed by atoms with Crippen LogP contribution in [0.15, 0.2) is 72.8 Å². The van der Waals surface area contributed by atoms with Crippen molar-refractivity contribution in [3.63, 3.8) is 0 Å². The topological polar surface area (TPSA) is 112 Å². The van der Waals surface area contributed by atoms with Crippen LogP contribution >= 0.6 is 0 Å². The summed E-state index contributed by atoms with van der Waals surface area (Å²) in [5.74, 6) is 1.76. The number of carbonyl (C=O) groups is 2. The number of hydrogen-bond donors (Lipinski definition) is 2. The molecule has 0 spiro atoms. The number of fused-ring (bicyclic) bond motifs is 1. The number of ether oxygens (including phenoxy) is 4. The molecule has 3 N–H and O–H groups in total. The predicted octanol–water partition coefficient (Wildman–Crippen LogP) is 5.38. The molecule has 0 saturated carbocycles. The Balaban J connectivity index is 1.42. The highest BCUT2D eigenvalue weighted by molar-refractivity contribution is 6.06. The average molecular weight is 554 g/mol. The number of methoxy groups -OCH3 is 4. The normalized spacial score (nSPS) is 12.1. The van der Waals surface area contributed by atoms with Crippen LogP contribution in [-0.2, 0) is 13.1 Å². The number of anilines is 2. The first kappa shape index (κ1) is 27.4. The van der Waals surface area contributed by atoms with E-state index in [9.17, 15) is 9.59 Å². The van der Waals surface area contributed by atoms with Crippen LogP contribution in [0.2, 0.25) is 0 Å². The Kier molecular flexibility index (Phi) is 7.69. The number of nitrogens with one attached hydrogen (secondary N) is 1. The molecule has 0 atom stereocenters. The predicted molar refractivity (Wildman–Crippen MR) is 157 cm³/mol. The monoisotopic (exact) mass is 553 g/mol. The van der Waals surface area contributed by atoms with Crippen molar-refractivity contribution in [3.05, 3.63) is 95.1 Å². The smallest absolute Gasteiger partial charge is 0.255 e. The molecule has 2 amide bonds. The Morgan fingerprint density at radius 3 is 2.22 bits per heavy atom. The lowest BCUT2D eigenvalue weighted by Crippen LogP contribution is -2.23. The quantitative estimate of drug-likeness (QED) is 0.268. The van der Waals surface area contributed by atoms with Crippen LogP contribution in [0.1, 0.15) is 31.8 Å². The number of hydrogen-bond acceptors (Lipinski definition) is 7. The summed E-state index contributed by atoms with van der Waals surface area (Å²) < 4.78 is 22.3. The standard InChI is InChI=1S/C32H31N3O6/c1-38-26-14-13-21(15-27(26)39-2)29-23-18-35(32(37)22(23)16-28(40-3)30(29)41-4)17-19-9-11-20(12-10-19)31(36)34-25-8-6-5-7-24(25)33/h5-16H,17-18,33H2,1-4H3,(H,34,36). The summed E-state index contributed by atoms with van der Waals surface area (Å²) in [5.41, 5.74) is 11.3. The Hall–Kier alpha value is -5.18. The molecular formula is C32H31N3O6. The van der Waals surface area contributed by atoms with Gasteiger partial charge in [0.2, 0.25) is 0 Å². The van der Waals surface area contributed by atoms with Crippen LogP contribution in [0, 0.1) is 0 Å². The minimum absolute atomic E-state index is 0.121. The minimum Gasteiger partial charge on any atom is -0.493 e. The molecule has 0 radical (unpaired) electrons.